The van der Waals surface area contributed by atoms with Gasteiger partial charge in [0.1, 0.15) is 11.8 Å². The van der Waals surface area contributed by atoms with E-state index in [4.69, 9.17) is 15.6 Å². The molecule has 0 aromatic heterocycles. The Labute approximate surface area is 107 Å². The SMILES string of the molecule is CC(C)Oc1ccc(N(C)CC(N)C(=O)O)cc1. The molecule has 0 spiro atoms. The van der Waals surface area contributed by atoms with Crippen LogP contribution in [0.4, 0.5) is 5.69 Å². The van der Waals surface area contributed by atoms with Crippen LogP contribution >= 0.6 is 0 Å². The second kappa shape index (κ2) is 6.26. The highest BCUT2D eigenvalue weighted by atomic mass is 16.5. The van der Waals surface area contributed by atoms with Gasteiger partial charge in [0.05, 0.1) is 6.10 Å². The van der Waals surface area contributed by atoms with E-state index in [1.54, 1.807) is 11.9 Å². The number of nitrogens with zero attached hydrogens (tertiary/aromatic N) is 1. The minimum atomic E-state index is -0.999. The maximum atomic E-state index is 10.7. The molecular formula is C13H20N2O3. The van der Waals surface area contributed by atoms with Crippen molar-refractivity contribution in [1.29, 1.82) is 0 Å². The molecule has 3 N–H and O–H groups in total. The van der Waals surface area contributed by atoms with Gasteiger partial charge in [-0.25, -0.2) is 0 Å². The summed E-state index contributed by atoms with van der Waals surface area (Å²) in [5, 5.41) is 8.75. The zero-order valence-electron chi connectivity index (χ0n) is 11.0. The maximum Gasteiger partial charge on any atom is 0.322 e. The number of likely N-dealkylation sites (N-methyl/N-ethyl adjacent to an activating group) is 1. The molecular weight excluding hydrogens is 232 g/mol. The van der Waals surface area contributed by atoms with Gasteiger partial charge >= 0.3 is 5.97 Å². The summed E-state index contributed by atoms with van der Waals surface area (Å²) in [5.41, 5.74) is 6.39. The summed E-state index contributed by atoms with van der Waals surface area (Å²) in [6, 6.07) is 6.59. The van der Waals surface area contributed by atoms with Crippen molar-refractivity contribution < 1.29 is 14.6 Å². The number of ether oxygens (including phenoxy) is 1. The van der Waals surface area contributed by atoms with Crippen LogP contribution in [-0.2, 0) is 4.79 Å². The molecule has 0 bridgehead atoms. The molecule has 1 unspecified atom stereocenters. The average Bonchev–Trinajstić information content (AvgIpc) is 2.28. The Kier molecular flexibility index (Phi) is 4.97. The highest BCUT2D eigenvalue weighted by Crippen LogP contribution is 2.19. The van der Waals surface area contributed by atoms with Crippen molar-refractivity contribution in [1.82, 2.24) is 0 Å². The van der Waals surface area contributed by atoms with E-state index in [0.29, 0.717) is 0 Å². The first-order chi connectivity index (χ1) is 8.40. The van der Waals surface area contributed by atoms with E-state index >= 15 is 0 Å². The molecule has 1 rings (SSSR count). The Bertz CT molecular complexity index is 390. The van der Waals surface area contributed by atoms with Crippen LogP contribution in [0.1, 0.15) is 13.8 Å². The van der Waals surface area contributed by atoms with Gasteiger partial charge in [-0.1, -0.05) is 0 Å². The standard InChI is InChI=1S/C13H20N2O3/c1-9(2)18-11-6-4-10(5-7-11)15(3)8-12(14)13(16)17/h4-7,9,12H,8,14H2,1-3H3,(H,16,17). The third-order valence-corrected chi connectivity index (χ3v) is 2.44. The van der Waals surface area contributed by atoms with Crippen molar-refractivity contribution in [2.75, 3.05) is 18.5 Å². The third-order valence-electron chi connectivity index (χ3n) is 2.44. The summed E-state index contributed by atoms with van der Waals surface area (Å²) < 4.78 is 5.53. The fourth-order valence-corrected chi connectivity index (χ4v) is 1.53. The molecule has 1 aromatic rings. The fraction of sp³-hybridized carbons (Fsp3) is 0.462. The number of hydrogen-bond donors (Lipinski definition) is 2. The topological polar surface area (TPSA) is 75.8 Å². The molecule has 5 nitrogen and oxygen atoms in total. The van der Waals surface area contributed by atoms with E-state index in [9.17, 15) is 4.79 Å². The monoisotopic (exact) mass is 252 g/mol. The van der Waals surface area contributed by atoms with Crippen LogP contribution in [-0.4, -0.2) is 36.8 Å². The average molecular weight is 252 g/mol. The first-order valence-corrected chi connectivity index (χ1v) is 5.86. The summed E-state index contributed by atoms with van der Waals surface area (Å²) >= 11 is 0. The van der Waals surface area contributed by atoms with E-state index < -0.39 is 12.0 Å². The van der Waals surface area contributed by atoms with Crippen LogP contribution in [0.25, 0.3) is 0 Å². The van der Waals surface area contributed by atoms with Crippen LogP contribution in [0.3, 0.4) is 0 Å². The van der Waals surface area contributed by atoms with E-state index in [0.717, 1.165) is 11.4 Å². The molecule has 0 radical (unpaired) electrons. The number of rotatable bonds is 6. The number of benzene rings is 1. The number of carboxylic acids is 1. The molecule has 0 saturated carbocycles. The van der Waals surface area contributed by atoms with Gasteiger partial charge in [-0.2, -0.15) is 0 Å². The van der Waals surface area contributed by atoms with Crippen LogP contribution in [0.15, 0.2) is 24.3 Å². The highest BCUT2D eigenvalue weighted by molar-refractivity contribution is 5.74. The molecule has 1 aromatic carbocycles. The predicted octanol–water partition coefficient (Wildman–Crippen LogP) is 1.32. The zero-order valence-corrected chi connectivity index (χ0v) is 11.0. The van der Waals surface area contributed by atoms with Crippen LogP contribution in [0.5, 0.6) is 5.75 Å². The minimum absolute atomic E-state index is 0.133. The van der Waals surface area contributed by atoms with E-state index in [-0.39, 0.29) is 12.6 Å². The predicted molar refractivity (Wildman–Crippen MR) is 71.1 cm³/mol. The van der Waals surface area contributed by atoms with E-state index in [1.165, 1.54) is 0 Å². The van der Waals surface area contributed by atoms with Gasteiger partial charge in [0.15, 0.2) is 0 Å². The molecule has 0 aliphatic heterocycles. The number of nitrogens with two attached hydrogens (primary N) is 1. The van der Waals surface area contributed by atoms with Crippen LogP contribution < -0.4 is 15.4 Å². The molecule has 0 heterocycles. The quantitative estimate of drug-likeness (QED) is 0.798. The van der Waals surface area contributed by atoms with Gasteiger partial charge in [0.2, 0.25) is 0 Å². The van der Waals surface area contributed by atoms with Crippen molar-refractivity contribution in [2.24, 2.45) is 5.73 Å². The number of hydrogen-bond acceptors (Lipinski definition) is 4. The summed E-state index contributed by atoms with van der Waals surface area (Å²) in [4.78, 5) is 12.5. The molecule has 0 aliphatic rings. The Morgan fingerprint density at radius 3 is 2.39 bits per heavy atom. The van der Waals surface area contributed by atoms with E-state index in [1.807, 2.05) is 38.1 Å². The zero-order chi connectivity index (χ0) is 13.7. The van der Waals surface area contributed by atoms with Crippen molar-refractivity contribution in [3.05, 3.63) is 24.3 Å². The van der Waals surface area contributed by atoms with Gasteiger partial charge in [0.25, 0.3) is 0 Å². The van der Waals surface area contributed by atoms with Gasteiger partial charge in [-0.05, 0) is 38.1 Å². The lowest BCUT2D eigenvalue weighted by atomic mass is 10.2. The smallest absolute Gasteiger partial charge is 0.322 e. The normalized spacial score (nSPS) is 12.3. The maximum absolute atomic E-state index is 10.7. The molecule has 0 aliphatic carbocycles. The van der Waals surface area contributed by atoms with Gasteiger partial charge < -0.3 is 20.5 Å². The molecule has 0 amide bonds. The van der Waals surface area contributed by atoms with Crippen molar-refractivity contribution in [2.45, 2.75) is 26.0 Å². The largest absolute Gasteiger partial charge is 0.491 e. The molecule has 0 fully saturated rings. The molecule has 0 saturated heterocycles. The Morgan fingerprint density at radius 2 is 1.94 bits per heavy atom. The molecule has 18 heavy (non-hydrogen) atoms. The first-order valence-electron chi connectivity index (χ1n) is 5.86. The Balaban J connectivity index is 2.64. The first kappa shape index (κ1) is 14.3. The third kappa shape index (κ3) is 4.25. The summed E-state index contributed by atoms with van der Waals surface area (Å²) in [7, 11) is 1.81. The summed E-state index contributed by atoms with van der Waals surface area (Å²) in [6.45, 7) is 4.19. The second-order valence-corrected chi connectivity index (χ2v) is 4.49. The Hall–Kier alpha value is -1.75. The fourth-order valence-electron chi connectivity index (χ4n) is 1.53. The lowest BCUT2D eigenvalue weighted by Gasteiger charge is -2.21. The van der Waals surface area contributed by atoms with Crippen LogP contribution in [0, 0.1) is 0 Å². The molecule has 5 heteroatoms. The van der Waals surface area contributed by atoms with Gasteiger partial charge in [0, 0.05) is 19.3 Å². The number of carbonyl (C=O) groups is 1. The van der Waals surface area contributed by atoms with Gasteiger partial charge in [-0.3, -0.25) is 4.79 Å². The number of anilines is 1. The second-order valence-electron chi connectivity index (χ2n) is 4.49. The van der Waals surface area contributed by atoms with Gasteiger partial charge in [-0.15, -0.1) is 0 Å². The Morgan fingerprint density at radius 1 is 1.39 bits per heavy atom. The number of aliphatic carboxylic acids is 1. The minimum Gasteiger partial charge on any atom is -0.491 e. The van der Waals surface area contributed by atoms with E-state index in [2.05, 4.69) is 0 Å². The highest BCUT2D eigenvalue weighted by Gasteiger charge is 2.14. The lowest BCUT2D eigenvalue weighted by Crippen LogP contribution is -2.41. The summed E-state index contributed by atoms with van der Waals surface area (Å²) in [5.74, 6) is -0.203. The van der Waals surface area contributed by atoms with Crippen molar-refractivity contribution in [3.8, 4) is 5.75 Å². The van der Waals surface area contributed by atoms with Crippen molar-refractivity contribution >= 4 is 11.7 Å². The van der Waals surface area contributed by atoms with Crippen LogP contribution in [0.2, 0.25) is 0 Å². The lowest BCUT2D eigenvalue weighted by molar-refractivity contribution is -0.138. The number of carboxylic acid groups (broad SMARTS) is 1. The molecule has 100 valence electrons. The van der Waals surface area contributed by atoms with Crippen molar-refractivity contribution in [3.63, 3.8) is 0 Å². The summed E-state index contributed by atoms with van der Waals surface area (Å²) in [6.07, 6.45) is 0.133. The molecule has 1 atom stereocenters.